The quantitative estimate of drug-likeness (QED) is 0.776. The van der Waals surface area contributed by atoms with Crippen molar-refractivity contribution in [3.8, 4) is 17.2 Å². The van der Waals surface area contributed by atoms with Crippen molar-refractivity contribution < 1.29 is 0 Å². The number of benzene rings is 1. The van der Waals surface area contributed by atoms with Crippen LogP contribution in [0.25, 0.3) is 22.0 Å². The lowest BCUT2D eigenvalue weighted by Crippen LogP contribution is -1.97. The molecule has 0 aliphatic carbocycles. The predicted octanol–water partition coefficient (Wildman–Crippen LogP) is 2.71. The van der Waals surface area contributed by atoms with Gasteiger partial charge in [-0.2, -0.15) is 5.26 Å². The Bertz CT molecular complexity index is 864. The highest BCUT2D eigenvalue weighted by Gasteiger charge is 2.10. The zero-order chi connectivity index (χ0) is 14.8. The van der Waals surface area contributed by atoms with Crippen molar-refractivity contribution in [1.82, 2.24) is 15.2 Å². The third-order valence-electron chi connectivity index (χ3n) is 3.42. The summed E-state index contributed by atoms with van der Waals surface area (Å²) in [5, 5.41) is 18.3. The number of aromatic nitrogens is 3. The number of aryl methyl sites for hydroxylation is 1. The Labute approximate surface area is 122 Å². The van der Waals surface area contributed by atoms with Crippen molar-refractivity contribution in [3.05, 3.63) is 47.8 Å². The molecule has 0 atom stereocenters. The molecule has 21 heavy (non-hydrogen) atoms. The molecule has 5 nitrogen and oxygen atoms in total. The van der Waals surface area contributed by atoms with Crippen LogP contribution < -0.4 is 5.73 Å². The number of nitrogen functional groups attached to an aromatic ring is 1. The van der Waals surface area contributed by atoms with E-state index in [4.69, 9.17) is 5.73 Å². The SMILES string of the molecule is CCc1cc(-c2cnccc2C#N)cc2cc(N)nnc12. The lowest BCUT2D eigenvalue weighted by Gasteiger charge is -2.09. The van der Waals surface area contributed by atoms with E-state index in [-0.39, 0.29) is 0 Å². The average Bonchev–Trinajstić information content (AvgIpc) is 2.53. The van der Waals surface area contributed by atoms with Crippen LogP contribution in [0.3, 0.4) is 0 Å². The number of nitrogens with two attached hydrogens (primary N) is 1. The summed E-state index contributed by atoms with van der Waals surface area (Å²) in [6.07, 6.45) is 4.15. The van der Waals surface area contributed by atoms with Gasteiger partial charge in [-0.25, -0.2) is 0 Å². The number of nitrogens with zero attached hydrogens (tertiary/aromatic N) is 4. The molecule has 1 aromatic carbocycles. The molecule has 0 spiro atoms. The maximum absolute atomic E-state index is 9.24. The molecule has 0 radical (unpaired) electrons. The van der Waals surface area contributed by atoms with E-state index in [0.29, 0.717) is 11.4 Å². The number of anilines is 1. The van der Waals surface area contributed by atoms with Crippen molar-refractivity contribution in [2.24, 2.45) is 0 Å². The highest BCUT2D eigenvalue weighted by molar-refractivity contribution is 5.89. The molecule has 5 heteroatoms. The largest absolute Gasteiger partial charge is 0.382 e. The van der Waals surface area contributed by atoms with Gasteiger partial charge in [-0.1, -0.05) is 6.92 Å². The lowest BCUT2D eigenvalue weighted by atomic mass is 9.97. The van der Waals surface area contributed by atoms with Gasteiger partial charge in [0.1, 0.15) is 5.82 Å². The summed E-state index contributed by atoms with van der Waals surface area (Å²) in [7, 11) is 0. The number of rotatable bonds is 2. The number of hydrogen-bond donors (Lipinski definition) is 1. The van der Waals surface area contributed by atoms with Crippen molar-refractivity contribution >= 4 is 16.7 Å². The smallest absolute Gasteiger partial charge is 0.146 e. The molecule has 2 aromatic heterocycles. The van der Waals surface area contributed by atoms with E-state index in [1.165, 1.54) is 0 Å². The van der Waals surface area contributed by atoms with Crippen LogP contribution in [-0.4, -0.2) is 15.2 Å². The zero-order valence-electron chi connectivity index (χ0n) is 11.5. The maximum atomic E-state index is 9.24. The molecule has 2 heterocycles. The van der Waals surface area contributed by atoms with E-state index in [0.717, 1.165) is 34.0 Å². The van der Waals surface area contributed by atoms with Crippen molar-refractivity contribution in [3.63, 3.8) is 0 Å². The number of pyridine rings is 1. The second-order valence-corrected chi connectivity index (χ2v) is 4.73. The summed E-state index contributed by atoms with van der Waals surface area (Å²) in [4.78, 5) is 4.12. The fraction of sp³-hybridized carbons (Fsp3) is 0.125. The molecule has 0 fully saturated rings. The molecule has 102 valence electrons. The molecular formula is C16H13N5. The monoisotopic (exact) mass is 275 g/mol. The Kier molecular flexibility index (Phi) is 3.20. The first-order valence-corrected chi connectivity index (χ1v) is 6.63. The van der Waals surface area contributed by atoms with Crippen LogP contribution >= 0.6 is 0 Å². The van der Waals surface area contributed by atoms with Crippen molar-refractivity contribution in [1.29, 1.82) is 5.26 Å². The van der Waals surface area contributed by atoms with E-state index < -0.39 is 0 Å². The summed E-state index contributed by atoms with van der Waals surface area (Å²) in [6.45, 7) is 2.06. The number of nitriles is 1. The van der Waals surface area contributed by atoms with Crippen molar-refractivity contribution in [2.75, 3.05) is 5.73 Å². The van der Waals surface area contributed by atoms with Crippen LogP contribution in [0, 0.1) is 11.3 Å². The fourth-order valence-corrected chi connectivity index (χ4v) is 2.39. The minimum atomic E-state index is 0.383. The van der Waals surface area contributed by atoms with E-state index >= 15 is 0 Å². The number of fused-ring (bicyclic) bond motifs is 1. The van der Waals surface area contributed by atoms with Gasteiger partial charge in [0, 0.05) is 23.3 Å². The predicted molar refractivity (Wildman–Crippen MR) is 81.3 cm³/mol. The van der Waals surface area contributed by atoms with Gasteiger partial charge in [0.2, 0.25) is 0 Å². The maximum Gasteiger partial charge on any atom is 0.146 e. The minimum absolute atomic E-state index is 0.383. The molecule has 0 bridgehead atoms. The Morgan fingerprint density at radius 3 is 2.86 bits per heavy atom. The highest BCUT2D eigenvalue weighted by Crippen LogP contribution is 2.29. The normalized spacial score (nSPS) is 10.5. The molecule has 0 amide bonds. The van der Waals surface area contributed by atoms with Gasteiger partial charge in [0.05, 0.1) is 17.1 Å². The Morgan fingerprint density at radius 1 is 1.24 bits per heavy atom. The van der Waals surface area contributed by atoms with Crippen molar-refractivity contribution in [2.45, 2.75) is 13.3 Å². The first kappa shape index (κ1) is 13.0. The summed E-state index contributed by atoms with van der Waals surface area (Å²) < 4.78 is 0. The van der Waals surface area contributed by atoms with Crippen LogP contribution in [0.1, 0.15) is 18.1 Å². The van der Waals surface area contributed by atoms with Gasteiger partial charge >= 0.3 is 0 Å². The van der Waals surface area contributed by atoms with E-state index in [1.807, 2.05) is 12.1 Å². The first-order chi connectivity index (χ1) is 10.2. The van der Waals surface area contributed by atoms with Gasteiger partial charge in [-0.05, 0) is 41.8 Å². The van der Waals surface area contributed by atoms with Crippen LogP contribution in [0.2, 0.25) is 0 Å². The third kappa shape index (κ3) is 2.28. The molecule has 0 aliphatic rings. The molecule has 3 aromatic rings. The van der Waals surface area contributed by atoms with Crippen LogP contribution in [0.5, 0.6) is 0 Å². The van der Waals surface area contributed by atoms with Crippen LogP contribution in [-0.2, 0) is 6.42 Å². The van der Waals surface area contributed by atoms with E-state index in [9.17, 15) is 5.26 Å². The topological polar surface area (TPSA) is 88.5 Å². The highest BCUT2D eigenvalue weighted by atomic mass is 15.1. The molecule has 0 aliphatic heterocycles. The summed E-state index contributed by atoms with van der Waals surface area (Å²) in [5.41, 5.74) is 9.99. The molecule has 0 saturated heterocycles. The van der Waals surface area contributed by atoms with Crippen LogP contribution in [0.15, 0.2) is 36.7 Å². The average molecular weight is 275 g/mol. The van der Waals surface area contributed by atoms with Gasteiger partial charge in [0.25, 0.3) is 0 Å². The van der Waals surface area contributed by atoms with Gasteiger partial charge in [-0.3, -0.25) is 4.98 Å². The standard InChI is InChI=1S/C16H13N5/c1-2-10-5-12(14-9-19-4-3-11(14)8-17)6-13-7-15(18)20-21-16(10)13/h3-7,9H,2H2,1H3,(H2,18,20). The molecular weight excluding hydrogens is 262 g/mol. The Morgan fingerprint density at radius 2 is 2.10 bits per heavy atom. The van der Waals surface area contributed by atoms with Gasteiger partial charge in [0.15, 0.2) is 0 Å². The molecule has 0 saturated carbocycles. The fourth-order valence-electron chi connectivity index (χ4n) is 2.39. The van der Waals surface area contributed by atoms with Gasteiger partial charge < -0.3 is 5.73 Å². The second kappa shape index (κ2) is 5.17. The Balaban J connectivity index is 2.31. The van der Waals surface area contributed by atoms with Crippen LogP contribution in [0.4, 0.5) is 5.82 Å². The Hall–Kier alpha value is -3.00. The third-order valence-corrected chi connectivity index (χ3v) is 3.42. The summed E-state index contributed by atoms with van der Waals surface area (Å²) in [5.74, 6) is 0.383. The number of hydrogen-bond acceptors (Lipinski definition) is 5. The minimum Gasteiger partial charge on any atom is -0.382 e. The van der Waals surface area contributed by atoms with E-state index in [2.05, 4.69) is 28.2 Å². The van der Waals surface area contributed by atoms with Gasteiger partial charge in [-0.15, -0.1) is 10.2 Å². The molecule has 0 unspecified atom stereocenters. The molecule has 2 N–H and O–H groups in total. The van der Waals surface area contributed by atoms with E-state index in [1.54, 1.807) is 24.5 Å². The summed E-state index contributed by atoms with van der Waals surface area (Å²) in [6, 6.07) is 9.71. The lowest BCUT2D eigenvalue weighted by molar-refractivity contribution is 1.06. The molecule has 3 rings (SSSR count). The zero-order valence-corrected chi connectivity index (χ0v) is 11.5. The first-order valence-electron chi connectivity index (χ1n) is 6.63. The summed E-state index contributed by atoms with van der Waals surface area (Å²) >= 11 is 0. The second-order valence-electron chi connectivity index (χ2n) is 4.73.